The average Bonchev–Trinajstić information content (AvgIpc) is 2.38. The molecule has 0 amide bonds. The Morgan fingerprint density at radius 1 is 1.56 bits per heavy atom. The van der Waals surface area contributed by atoms with Crippen LogP contribution >= 0.6 is 0 Å². The zero-order valence-electron chi connectivity index (χ0n) is 8.85. The second kappa shape index (κ2) is 3.75. The van der Waals surface area contributed by atoms with Crippen molar-refractivity contribution in [2.45, 2.75) is 6.04 Å². The molecule has 0 aliphatic carbocycles. The van der Waals surface area contributed by atoms with Crippen molar-refractivity contribution in [1.82, 2.24) is 10.3 Å². The van der Waals surface area contributed by atoms with E-state index in [0.29, 0.717) is 24.2 Å². The van der Waals surface area contributed by atoms with Crippen molar-refractivity contribution >= 4 is 12.0 Å². The number of anilines is 1. The van der Waals surface area contributed by atoms with Crippen molar-refractivity contribution in [2.24, 2.45) is 0 Å². The van der Waals surface area contributed by atoms with E-state index in [0.717, 1.165) is 31.6 Å². The predicted octanol–water partition coefficient (Wildman–Crippen LogP) is 0.0647. The fourth-order valence-corrected chi connectivity index (χ4v) is 2.24. The largest absolute Gasteiger partial charge is 0.474 e. The zero-order valence-corrected chi connectivity index (χ0v) is 8.85. The van der Waals surface area contributed by atoms with Crippen molar-refractivity contribution in [2.75, 3.05) is 31.1 Å². The van der Waals surface area contributed by atoms with E-state index in [9.17, 15) is 4.79 Å². The van der Waals surface area contributed by atoms with Crippen LogP contribution in [0.1, 0.15) is 10.5 Å². The molecule has 1 aromatic heterocycles. The lowest BCUT2D eigenvalue weighted by atomic mass is 10.1. The maximum atomic E-state index is 10.6. The minimum atomic E-state index is 0.380. The summed E-state index contributed by atoms with van der Waals surface area (Å²) in [6, 6.07) is 4.04. The van der Waals surface area contributed by atoms with Crippen molar-refractivity contribution in [3.8, 4) is 5.88 Å². The third-order valence-electron chi connectivity index (χ3n) is 3.05. The van der Waals surface area contributed by atoms with E-state index in [2.05, 4.69) is 15.2 Å². The Kier molecular flexibility index (Phi) is 2.25. The van der Waals surface area contributed by atoms with E-state index in [1.807, 2.05) is 6.07 Å². The van der Waals surface area contributed by atoms with E-state index >= 15 is 0 Å². The molecule has 0 spiro atoms. The fraction of sp³-hybridized carbons (Fsp3) is 0.455. The van der Waals surface area contributed by atoms with E-state index < -0.39 is 0 Å². The Bertz CT molecular complexity index is 422. The van der Waals surface area contributed by atoms with Gasteiger partial charge >= 0.3 is 0 Å². The second-order valence-corrected chi connectivity index (χ2v) is 4.04. The first-order valence-electron chi connectivity index (χ1n) is 5.45. The van der Waals surface area contributed by atoms with Gasteiger partial charge in [0.25, 0.3) is 0 Å². The average molecular weight is 219 g/mol. The molecule has 0 saturated carbocycles. The number of nitrogens with one attached hydrogen (secondary N) is 1. The topological polar surface area (TPSA) is 54.5 Å². The van der Waals surface area contributed by atoms with E-state index in [-0.39, 0.29) is 0 Å². The molecule has 2 aliphatic rings. The summed E-state index contributed by atoms with van der Waals surface area (Å²) >= 11 is 0. The van der Waals surface area contributed by atoms with Gasteiger partial charge in [-0.15, -0.1) is 0 Å². The quantitative estimate of drug-likeness (QED) is 0.677. The smallest absolute Gasteiger partial charge is 0.238 e. The Labute approximate surface area is 93.4 Å². The van der Waals surface area contributed by atoms with Crippen LogP contribution in [0.25, 0.3) is 0 Å². The van der Waals surface area contributed by atoms with Crippen LogP contribution in [0, 0.1) is 0 Å². The van der Waals surface area contributed by atoms with Crippen LogP contribution in [0.5, 0.6) is 5.88 Å². The normalized spacial score (nSPS) is 23.0. The molecular weight excluding hydrogens is 206 g/mol. The number of carbonyl (C=O) groups is 1. The summed E-state index contributed by atoms with van der Waals surface area (Å²) in [6.07, 6.45) is 0.744. The van der Waals surface area contributed by atoms with Gasteiger partial charge in [0.2, 0.25) is 5.88 Å². The molecule has 3 rings (SSSR count). The van der Waals surface area contributed by atoms with Gasteiger partial charge in [-0.25, -0.2) is 4.98 Å². The number of ether oxygens (including phenoxy) is 1. The molecular formula is C11H13N3O2. The summed E-state index contributed by atoms with van der Waals surface area (Å²) < 4.78 is 5.58. The lowest BCUT2D eigenvalue weighted by Gasteiger charge is -2.41. The molecule has 5 heteroatoms. The van der Waals surface area contributed by atoms with Gasteiger partial charge in [0.05, 0.1) is 6.04 Å². The van der Waals surface area contributed by atoms with Gasteiger partial charge < -0.3 is 15.0 Å². The first-order valence-corrected chi connectivity index (χ1v) is 5.45. The van der Waals surface area contributed by atoms with Crippen LogP contribution in [0.15, 0.2) is 12.1 Å². The lowest BCUT2D eigenvalue weighted by Crippen LogP contribution is -2.55. The molecule has 1 aromatic rings. The van der Waals surface area contributed by atoms with Crippen LogP contribution < -0.4 is 15.0 Å². The number of piperazine rings is 1. The van der Waals surface area contributed by atoms with E-state index in [4.69, 9.17) is 4.74 Å². The lowest BCUT2D eigenvalue weighted by molar-refractivity contribution is 0.111. The van der Waals surface area contributed by atoms with Gasteiger partial charge in [-0.05, 0) is 12.1 Å². The summed E-state index contributed by atoms with van der Waals surface area (Å²) in [5.74, 6) is 0.586. The highest BCUT2D eigenvalue weighted by Gasteiger charge is 2.30. The number of fused-ring (bicyclic) bond motifs is 3. The third kappa shape index (κ3) is 1.44. The highest BCUT2D eigenvalue weighted by atomic mass is 16.5. The van der Waals surface area contributed by atoms with Gasteiger partial charge in [-0.2, -0.15) is 0 Å². The predicted molar refractivity (Wildman–Crippen MR) is 59.1 cm³/mol. The monoisotopic (exact) mass is 219 g/mol. The van der Waals surface area contributed by atoms with Crippen LogP contribution in [-0.4, -0.2) is 43.6 Å². The van der Waals surface area contributed by atoms with Gasteiger partial charge in [0.15, 0.2) is 6.29 Å². The SMILES string of the molecule is O=Cc1ccc2c(n1)OCC1CNCCN21. The minimum Gasteiger partial charge on any atom is -0.474 e. The fourth-order valence-electron chi connectivity index (χ4n) is 2.24. The van der Waals surface area contributed by atoms with Crippen LogP contribution in [0.3, 0.4) is 0 Å². The summed E-state index contributed by atoms with van der Waals surface area (Å²) in [4.78, 5) is 17.1. The summed E-state index contributed by atoms with van der Waals surface area (Å²) in [5, 5.41) is 3.34. The highest BCUT2D eigenvalue weighted by molar-refractivity contribution is 5.74. The van der Waals surface area contributed by atoms with E-state index in [1.54, 1.807) is 6.07 Å². The number of nitrogens with zero attached hydrogens (tertiary/aromatic N) is 2. The maximum absolute atomic E-state index is 10.6. The second-order valence-electron chi connectivity index (χ2n) is 4.04. The standard InChI is InChI=1S/C11H13N3O2/c15-6-8-1-2-10-11(13-8)16-7-9-5-12-3-4-14(9)10/h1-2,6,9,12H,3-5,7H2. The summed E-state index contributed by atoms with van der Waals surface area (Å²) in [5.41, 5.74) is 1.43. The Balaban J connectivity index is 1.98. The molecule has 84 valence electrons. The Morgan fingerprint density at radius 3 is 3.38 bits per heavy atom. The molecule has 2 aliphatic heterocycles. The van der Waals surface area contributed by atoms with Crippen LogP contribution in [-0.2, 0) is 0 Å². The number of aromatic nitrogens is 1. The molecule has 1 saturated heterocycles. The summed E-state index contributed by atoms with van der Waals surface area (Å²) in [6.45, 7) is 3.51. The maximum Gasteiger partial charge on any atom is 0.238 e. The number of carbonyl (C=O) groups excluding carboxylic acids is 1. The van der Waals surface area contributed by atoms with Crippen LogP contribution in [0.2, 0.25) is 0 Å². The molecule has 1 N–H and O–H groups in total. The number of rotatable bonds is 1. The molecule has 5 nitrogen and oxygen atoms in total. The zero-order chi connectivity index (χ0) is 11.0. The Hall–Kier alpha value is -1.62. The van der Waals surface area contributed by atoms with Gasteiger partial charge in [-0.1, -0.05) is 0 Å². The van der Waals surface area contributed by atoms with Gasteiger partial charge in [0.1, 0.15) is 18.0 Å². The molecule has 1 atom stereocenters. The number of hydrogen-bond donors (Lipinski definition) is 1. The summed E-state index contributed by atoms with van der Waals surface area (Å²) in [7, 11) is 0. The molecule has 0 radical (unpaired) electrons. The number of pyridine rings is 1. The van der Waals surface area contributed by atoms with Crippen molar-refractivity contribution < 1.29 is 9.53 Å². The molecule has 3 heterocycles. The molecule has 1 unspecified atom stereocenters. The van der Waals surface area contributed by atoms with Crippen molar-refractivity contribution in [3.05, 3.63) is 17.8 Å². The number of aldehydes is 1. The molecule has 1 fully saturated rings. The first kappa shape index (κ1) is 9.59. The molecule has 0 bridgehead atoms. The highest BCUT2D eigenvalue weighted by Crippen LogP contribution is 2.32. The van der Waals surface area contributed by atoms with Crippen LogP contribution in [0.4, 0.5) is 5.69 Å². The van der Waals surface area contributed by atoms with Crippen molar-refractivity contribution in [3.63, 3.8) is 0 Å². The third-order valence-corrected chi connectivity index (χ3v) is 3.05. The Morgan fingerprint density at radius 2 is 2.50 bits per heavy atom. The minimum absolute atomic E-state index is 0.380. The van der Waals surface area contributed by atoms with Crippen molar-refractivity contribution in [1.29, 1.82) is 0 Å². The molecule has 16 heavy (non-hydrogen) atoms. The van der Waals surface area contributed by atoms with Gasteiger partial charge in [-0.3, -0.25) is 4.79 Å². The molecule has 0 aromatic carbocycles. The van der Waals surface area contributed by atoms with Gasteiger partial charge in [0, 0.05) is 19.6 Å². The first-order chi connectivity index (χ1) is 7.88. The van der Waals surface area contributed by atoms with E-state index in [1.165, 1.54) is 0 Å². The number of hydrogen-bond acceptors (Lipinski definition) is 5.